The summed E-state index contributed by atoms with van der Waals surface area (Å²) in [6, 6.07) is -0.282. The average Bonchev–Trinajstić information content (AvgIpc) is 2.65. The summed E-state index contributed by atoms with van der Waals surface area (Å²) in [4.78, 5) is 40.4. The van der Waals surface area contributed by atoms with Crippen molar-refractivity contribution in [1.82, 2.24) is 20.4 Å². The molecule has 1 heterocycles. The van der Waals surface area contributed by atoms with Gasteiger partial charge in [0, 0.05) is 51.6 Å². The van der Waals surface area contributed by atoms with Crippen molar-refractivity contribution in [2.24, 2.45) is 5.92 Å². The molecule has 7 nitrogen and oxygen atoms in total. The summed E-state index contributed by atoms with van der Waals surface area (Å²) in [6.45, 7) is 8.35. The van der Waals surface area contributed by atoms with E-state index < -0.39 is 0 Å². The van der Waals surface area contributed by atoms with Crippen LogP contribution >= 0.6 is 0 Å². The number of nitrogens with one attached hydrogen (secondary N) is 2. The smallest absolute Gasteiger partial charge is 0.315 e. The maximum absolute atomic E-state index is 12.6. The summed E-state index contributed by atoms with van der Waals surface area (Å²) in [7, 11) is 1.74. The Morgan fingerprint density at radius 1 is 1.20 bits per heavy atom. The second kappa shape index (κ2) is 10.9. The number of likely N-dealkylation sites (N-methyl/N-ethyl adjacent to an activating group) is 1. The Hall–Kier alpha value is -1.79. The predicted molar refractivity (Wildman–Crippen MR) is 98.1 cm³/mol. The molecule has 0 aliphatic carbocycles. The van der Waals surface area contributed by atoms with E-state index in [0.717, 1.165) is 19.3 Å². The molecule has 0 saturated carbocycles. The average molecular weight is 354 g/mol. The first kappa shape index (κ1) is 21.3. The van der Waals surface area contributed by atoms with Gasteiger partial charge in [0.2, 0.25) is 11.8 Å². The summed E-state index contributed by atoms with van der Waals surface area (Å²) < 4.78 is 0. The molecule has 0 bridgehead atoms. The minimum atomic E-state index is -0.262. The SMILES string of the molecule is CCCNC(=O)NC1CCCC(C(=O)N(CC)CC)CC(=O)N(C)C1. The molecular formula is C18H34N4O3. The van der Waals surface area contributed by atoms with E-state index in [1.807, 2.05) is 20.8 Å². The third-order valence-electron chi connectivity index (χ3n) is 4.74. The van der Waals surface area contributed by atoms with Crippen LogP contribution in [0.4, 0.5) is 4.79 Å². The van der Waals surface area contributed by atoms with Gasteiger partial charge in [-0.3, -0.25) is 9.59 Å². The van der Waals surface area contributed by atoms with E-state index >= 15 is 0 Å². The van der Waals surface area contributed by atoms with Crippen molar-refractivity contribution >= 4 is 17.8 Å². The Labute approximate surface area is 151 Å². The molecule has 7 heteroatoms. The van der Waals surface area contributed by atoms with Crippen LogP contribution in [-0.2, 0) is 9.59 Å². The van der Waals surface area contributed by atoms with Crippen LogP contribution in [0.25, 0.3) is 0 Å². The van der Waals surface area contributed by atoms with Crippen LogP contribution in [-0.4, -0.2) is 66.9 Å². The van der Waals surface area contributed by atoms with E-state index in [4.69, 9.17) is 0 Å². The highest BCUT2D eigenvalue weighted by Crippen LogP contribution is 2.20. The fraction of sp³-hybridized carbons (Fsp3) is 0.833. The van der Waals surface area contributed by atoms with Gasteiger partial charge in [0.1, 0.15) is 0 Å². The van der Waals surface area contributed by atoms with E-state index in [-0.39, 0.29) is 36.2 Å². The zero-order valence-electron chi connectivity index (χ0n) is 16.1. The van der Waals surface area contributed by atoms with Crippen molar-refractivity contribution in [2.45, 2.75) is 58.9 Å². The second-order valence-electron chi connectivity index (χ2n) is 6.71. The molecule has 1 aliphatic heterocycles. The Balaban J connectivity index is 2.72. The summed E-state index contributed by atoms with van der Waals surface area (Å²) >= 11 is 0. The van der Waals surface area contributed by atoms with Gasteiger partial charge in [-0.15, -0.1) is 0 Å². The van der Waals surface area contributed by atoms with Gasteiger partial charge in [-0.1, -0.05) is 13.3 Å². The van der Waals surface area contributed by atoms with Gasteiger partial charge in [-0.05, 0) is 33.1 Å². The molecule has 25 heavy (non-hydrogen) atoms. The van der Waals surface area contributed by atoms with Gasteiger partial charge in [0.15, 0.2) is 0 Å². The van der Waals surface area contributed by atoms with Gasteiger partial charge in [-0.25, -0.2) is 4.79 Å². The normalized spacial score (nSPS) is 21.8. The van der Waals surface area contributed by atoms with E-state index in [1.165, 1.54) is 0 Å². The van der Waals surface area contributed by atoms with Gasteiger partial charge in [-0.2, -0.15) is 0 Å². The monoisotopic (exact) mass is 354 g/mol. The number of carbonyl (C=O) groups excluding carboxylic acids is 3. The maximum atomic E-state index is 12.6. The number of amides is 4. The van der Waals surface area contributed by atoms with Crippen molar-refractivity contribution in [3.8, 4) is 0 Å². The van der Waals surface area contributed by atoms with Gasteiger partial charge < -0.3 is 20.4 Å². The Kier molecular flexibility index (Phi) is 9.31. The van der Waals surface area contributed by atoms with Gasteiger partial charge >= 0.3 is 6.03 Å². The number of hydrogen-bond acceptors (Lipinski definition) is 3. The summed E-state index contributed by atoms with van der Waals surface area (Å²) in [5.74, 6) is -0.227. The zero-order valence-corrected chi connectivity index (χ0v) is 16.1. The second-order valence-corrected chi connectivity index (χ2v) is 6.71. The first-order valence-corrected chi connectivity index (χ1v) is 9.49. The molecule has 2 N–H and O–H groups in total. The topological polar surface area (TPSA) is 81.8 Å². The van der Waals surface area contributed by atoms with Crippen molar-refractivity contribution < 1.29 is 14.4 Å². The standard InChI is InChI=1S/C18H34N4O3/c1-5-11-19-18(25)20-15-10-8-9-14(12-16(23)21(4)13-15)17(24)22(6-2)7-3/h14-15H,5-13H2,1-4H3,(H2,19,20,25). The van der Waals surface area contributed by atoms with E-state index in [1.54, 1.807) is 16.8 Å². The van der Waals surface area contributed by atoms with Crippen LogP contribution in [0, 0.1) is 5.92 Å². The quantitative estimate of drug-likeness (QED) is 0.760. The number of urea groups is 1. The largest absolute Gasteiger partial charge is 0.344 e. The van der Waals surface area contributed by atoms with E-state index in [2.05, 4.69) is 10.6 Å². The fourth-order valence-electron chi connectivity index (χ4n) is 3.20. The fourth-order valence-corrected chi connectivity index (χ4v) is 3.20. The summed E-state index contributed by atoms with van der Waals surface area (Å²) in [5, 5.41) is 5.75. The molecule has 2 unspecified atom stereocenters. The molecule has 4 amide bonds. The summed E-state index contributed by atoms with van der Waals surface area (Å²) in [6.07, 6.45) is 3.40. The minimum Gasteiger partial charge on any atom is -0.344 e. The molecule has 1 rings (SSSR count). The number of rotatable bonds is 6. The van der Waals surface area contributed by atoms with Crippen LogP contribution in [0.2, 0.25) is 0 Å². The van der Waals surface area contributed by atoms with Crippen molar-refractivity contribution in [3.05, 3.63) is 0 Å². The van der Waals surface area contributed by atoms with Crippen LogP contribution in [0.3, 0.4) is 0 Å². The highest BCUT2D eigenvalue weighted by atomic mass is 16.2. The molecule has 144 valence electrons. The number of carbonyl (C=O) groups is 3. The lowest BCUT2D eigenvalue weighted by Gasteiger charge is -2.26. The van der Waals surface area contributed by atoms with Crippen LogP contribution < -0.4 is 10.6 Å². The third kappa shape index (κ3) is 6.92. The lowest BCUT2D eigenvalue weighted by molar-refractivity contribution is -0.140. The first-order chi connectivity index (χ1) is 11.9. The zero-order chi connectivity index (χ0) is 18.8. The molecule has 2 atom stereocenters. The van der Waals surface area contributed by atoms with Gasteiger partial charge in [0.05, 0.1) is 0 Å². The highest BCUT2D eigenvalue weighted by molar-refractivity contribution is 5.86. The Bertz CT molecular complexity index is 452. The van der Waals surface area contributed by atoms with Crippen molar-refractivity contribution in [1.29, 1.82) is 0 Å². The molecule has 1 fully saturated rings. The molecular weight excluding hydrogens is 320 g/mol. The number of hydrogen-bond donors (Lipinski definition) is 2. The van der Waals surface area contributed by atoms with E-state index in [0.29, 0.717) is 32.6 Å². The molecule has 0 radical (unpaired) electrons. The van der Waals surface area contributed by atoms with E-state index in [9.17, 15) is 14.4 Å². The first-order valence-electron chi connectivity index (χ1n) is 9.49. The lowest BCUT2D eigenvalue weighted by Crippen LogP contribution is -2.48. The molecule has 1 aliphatic rings. The minimum absolute atomic E-state index is 0.0341. The third-order valence-corrected chi connectivity index (χ3v) is 4.74. The summed E-state index contributed by atoms with van der Waals surface area (Å²) in [5.41, 5.74) is 0. The lowest BCUT2D eigenvalue weighted by atomic mass is 9.95. The van der Waals surface area contributed by atoms with Crippen LogP contribution in [0.1, 0.15) is 52.9 Å². The van der Waals surface area contributed by atoms with Gasteiger partial charge in [0.25, 0.3) is 0 Å². The Morgan fingerprint density at radius 3 is 2.48 bits per heavy atom. The van der Waals surface area contributed by atoms with Crippen molar-refractivity contribution in [2.75, 3.05) is 33.2 Å². The molecule has 0 aromatic heterocycles. The van der Waals surface area contributed by atoms with Crippen LogP contribution in [0.15, 0.2) is 0 Å². The maximum Gasteiger partial charge on any atom is 0.315 e. The molecule has 0 aromatic carbocycles. The van der Waals surface area contributed by atoms with Crippen molar-refractivity contribution in [3.63, 3.8) is 0 Å². The number of nitrogens with zero attached hydrogens (tertiary/aromatic N) is 2. The molecule has 1 saturated heterocycles. The Morgan fingerprint density at radius 2 is 1.88 bits per heavy atom. The van der Waals surface area contributed by atoms with Crippen LogP contribution in [0.5, 0.6) is 0 Å². The molecule has 0 aromatic rings. The predicted octanol–water partition coefficient (Wildman–Crippen LogP) is 1.58. The highest BCUT2D eigenvalue weighted by Gasteiger charge is 2.29. The molecule has 0 spiro atoms.